The van der Waals surface area contributed by atoms with Gasteiger partial charge in [0, 0.05) is 6.04 Å². The first-order valence-electron chi connectivity index (χ1n) is 5.53. The summed E-state index contributed by atoms with van der Waals surface area (Å²) in [6.45, 7) is 5.53. The highest BCUT2D eigenvalue weighted by molar-refractivity contribution is 5.83. The van der Waals surface area contributed by atoms with Crippen LogP contribution in [0.1, 0.15) is 40.0 Å². The standard InChI is InChI=1S/C11H19NO3/c1-10(2,3)15-9(14)11-5-4-7(12-11)6-8(11)13/h7-8,12-13H,4-6H2,1-3H3/t7?,8-,11+/m0/s1. The van der Waals surface area contributed by atoms with Gasteiger partial charge in [0.2, 0.25) is 0 Å². The summed E-state index contributed by atoms with van der Waals surface area (Å²) in [7, 11) is 0. The maximum absolute atomic E-state index is 12.0. The molecule has 0 saturated carbocycles. The lowest BCUT2D eigenvalue weighted by Crippen LogP contribution is -2.54. The lowest BCUT2D eigenvalue weighted by atomic mass is 9.85. The van der Waals surface area contributed by atoms with E-state index >= 15 is 0 Å². The van der Waals surface area contributed by atoms with Crippen molar-refractivity contribution < 1.29 is 14.6 Å². The molecule has 0 aromatic carbocycles. The molecule has 0 aromatic heterocycles. The minimum absolute atomic E-state index is 0.285. The molecule has 2 aliphatic heterocycles. The molecule has 2 rings (SSSR count). The predicted molar refractivity (Wildman–Crippen MR) is 55.4 cm³/mol. The number of esters is 1. The van der Waals surface area contributed by atoms with Crippen LogP contribution in [-0.4, -0.2) is 34.4 Å². The van der Waals surface area contributed by atoms with Crippen molar-refractivity contribution in [3.8, 4) is 0 Å². The molecule has 4 heteroatoms. The van der Waals surface area contributed by atoms with Crippen molar-refractivity contribution in [2.24, 2.45) is 0 Å². The van der Waals surface area contributed by atoms with Crippen LogP contribution in [0.3, 0.4) is 0 Å². The van der Waals surface area contributed by atoms with Crippen LogP contribution in [-0.2, 0) is 9.53 Å². The molecule has 2 saturated heterocycles. The molecular weight excluding hydrogens is 194 g/mol. The normalized spacial score (nSPS) is 39.5. The van der Waals surface area contributed by atoms with Crippen molar-refractivity contribution in [1.29, 1.82) is 0 Å². The minimum atomic E-state index is -0.821. The second-order valence-corrected chi connectivity index (χ2v) is 5.60. The number of ether oxygens (including phenoxy) is 1. The number of hydrogen-bond donors (Lipinski definition) is 2. The topological polar surface area (TPSA) is 58.6 Å². The average molecular weight is 213 g/mol. The zero-order valence-corrected chi connectivity index (χ0v) is 9.54. The molecule has 4 nitrogen and oxygen atoms in total. The fourth-order valence-electron chi connectivity index (χ4n) is 2.49. The summed E-state index contributed by atoms with van der Waals surface area (Å²) >= 11 is 0. The highest BCUT2D eigenvalue weighted by Gasteiger charge is 2.57. The van der Waals surface area contributed by atoms with Gasteiger partial charge in [-0.05, 0) is 40.0 Å². The molecule has 0 aromatic rings. The van der Waals surface area contributed by atoms with E-state index < -0.39 is 17.2 Å². The van der Waals surface area contributed by atoms with E-state index in [1.165, 1.54) is 0 Å². The van der Waals surface area contributed by atoms with Gasteiger partial charge in [0.05, 0.1) is 6.10 Å². The Balaban J connectivity index is 2.12. The summed E-state index contributed by atoms with van der Waals surface area (Å²) in [6.07, 6.45) is 1.72. The SMILES string of the molecule is CC(C)(C)OC(=O)[C@@]12CCC(C[C@@H]1O)N2. The molecule has 0 spiro atoms. The molecule has 3 atom stereocenters. The first-order chi connectivity index (χ1) is 6.83. The van der Waals surface area contributed by atoms with Crippen LogP contribution in [0.5, 0.6) is 0 Å². The molecule has 0 aliphatic carbocycles. The van der Waals surface area contributed by atoms with Gasteiger partial charge < -0.3 is 9.84 Å². The Labute approximate surface area is 90.0 Å². The van der Waals surface area contributed by atoms with Crippen molar-refractivity contribution in [1.82, 2.24) is 5.32 Å². The molecule has 2 bridgehead atoms. The number of rotatable bonds is 1. The molecule has 2 heterocycles. The third-order valence-corrected chi connectivity index (χ3v) is 3.19. The van der Waals surface area contributed by atoms with Crippen molar-refractivity contribution in [2.45, 2.75) is 63.3 Å². The summed E-state index contributed by atoms with van der Waals surface area (Å²) in [5.74, 6) is -0.303. The Kier molecular flexibility index (Phi) is 2.32. The lowest BCUT2D eigenvalue weighted by molar-refractivity contribution is -0.166. The fraction of sp³-hybridized carbons (Fsp3) is 0.909. The van der Waals surface area contributed by atoms with E-state index in [0.717, 1.165) is 6.42 Å². The van der Waals surface area contributed by atoms with E-state index in [0.29, 0.717) is 12.8 Å². The highest BCUT2D eigenvalue weighted by Crippen LogP contribution is 2.39. The lowest BCUT2D eigenvalue weighted by Gasteiger charge is -2.32. The zero-order chi connectivity index (χ0) is 11.3. The van der Waals surface area contributed by atoms with Crippen molar-refractivity contribution in [3.63, 3.8) is 0 Å². The molecule has 15 heavy (non-hydrogen) atoms. The predicted octanol–water partition coefficient (Wildman–Crippen LogP) is 0.584. The largest absolute Gasteiger partial charge is 0.459 e. The Morgan fingerprint density at radius 2 is 2.20 bits per heavy atom. The molecule has 2 N–H and O–H groups in total. The van der Waals surface area contributed by atoms with Crippen LogP contribution >= 0.6 is 0 Å². The molecule has 0 radical (unpaired) electrons. The van der Waals surface area contributed by atoms with Crippen molar-refractivity contribution >= 4 is 5.97 Å². The number of carbonyl (C=O) groups excluding carboxylic acids is 1. The van der Waals surface area contributed by atoms with Crippen LogP contribution < -0.4 is 5.32 Å². The monoisotopic (exact) mass is 213 g/mol. The summed E-state index contributed by atoms with van der Waals surface area (Å²) in [6, 6.07) is 0.285. The first-order valence-corrected chi connectivity index (χ1v) is 5.53. The second kappa shape index (κ2) is 3.19. The van der Waals surface area contributed by atoms with Gasteiger partial charge in [-0.3, -0.25) is 5.32 Å². The second-order valence-electron chi connectivity index (χ2n) is 5.60. The van der Waals surface area contributed by atoms with Gasteiger partial charge in [0.15, 0.2) is 0 Å². The van der Waals surface area contributed by atoms with Crippen LogP contribution in [0, 0.1) is 0 Å². The Morgan fingerprint density at radius 1 is 1.53 bits per heavy atom. The van der Waals surface area contributed by atoms with Crippen molar-refractivity contribution in [3.05, 3.63) is 0 Å². The fourth-order valence-corrected chi connectivity index (χ4v) is 2.49. The van der Waals surface area contributed by atoms with Gasteiger partial charge in [-0.1, -0.05) is 0 Å². The maximum Gasteiger partial charge on any atom is 0.329 e. The van der Waals surface area contributed by atoms with Gasteiger partial charge in [-0.2, -0.15) is 0 Å². The number of aliphatic hydroxyl groups excluding tert-OH is 1. The van der Waals surface area contributed by atoms with Crippen LogP contribution in [0.15, 0.2) is 0 Å². The van der Waals surface area contributed by atoms with E-state index in [2.05, 4.69) is 5.32 Å². The van der Waals surface area contributed by atoms with Gasteiger partial charge in [0.25, 0.3) is 0 Å². The molecule has 2 aliphatic rings. The number of carbonyl (C=O) groups is 1. The maximum atomic E-state index is 12.0. The van der Waals surface area contributed by atoms with Gasteiger partial charge in [-0.15, -0.1) is 0 Å². The minimum Gasteiger partial charge on any atom is -0.459 e. The van der Waals surface area contributed by atoms with E-state index in [1.807, 2.05) is 20.8 Å². The zero-order valence-electron chi connectivity index (χ0n) is 9.54. The van der Waals surface area contributed by atoms with Crippen LogP contribution in [0.2, 0.25) is 0 Å². The highest BCUT2D eigenvalue weighted by atomic mass is 16.6. The third kappa shape index (κ3) is 1.76. The first kappa shape index (κ1) is 10.9. The smallest absolute Gasteiger partial charge is 0.329 e. The summed E-state index contributed by atoms with van der Waals surface area (Å²) in [5, 5.41) is 13.1. The molecule has 2 fully saturated rings. The van der Waals surface area contributed by atoms with Crippen LogP contribution in [0.25, 0.3) is 0 Å². The summed E-state index contributed by atoms with van der Waals surface area (Å²) in [5.41, 5.74) is -1.31. The number of aliphatic hydroxyl groups is 1. The van der Waals surface area contributed by atoms with Gasteiger partial charge in [-0.25, -0.2) is 4.79 Å². The number of hydrogen-bond acceptors (Lipinski definition) is 4. The Hall–Kier alpha value is -0.610. The van der Waals surface area contributed by atoms with Crippen LogP contribution in [0.4, 0.5) is 0 Å². The molecule has 86 valence electrons. The molecule has 0 amide bonds. The van der Waals surface area contributed by atoms with Gasteiger partial charge in [0.1, 0.15) is 11.1 Å². The Morgan fingerprint density at radius 3 is 2.60 bits per heavy atom. The van der Waals surface area contributed by atoms with Crippen molar-refractivity contribution in [2.75, 3.05) is 0 Å². The quantitative estimate of drug-likeness (QED) is 0.626. The van der Waals surface area contributed by atoms with E-state index in [-0.39, 0.29) is 12.0 Å². The summed E-state index contributed by atoms with van der Waals surface area (Å²) in [4.78, 5) is 12.0. The van der Waals surface area contributed by atoms with E-state index in [1.54, 1.807) is 0 Å². The Bertz CT molecular complexity index is 284. The van der Waals surface area contributed by atoms with E-state index in [9.17, 15) is 9.90 Å². The average Bonchev–Trinajstić information content (AvgIpc) is 2.58. The van der Waals surface area contributed by atoms with Gasteiger partial charge >= 0.3 is 5.97 Å². The molecular formula is C11H19NO3. The number of nitrogens with one attached hydrogen (secondary N) is 1. The third-order valence-electron chi connectivity index (χ3n) is 3.19. The molecule has 1 unspecified atom stereocenters. The number of fused-ring (bicyclic) bond motifs is 2. The summed E-state index contributed by atoms with van der Waals surface area (Å²) < 4.78 is 5.35. The van der Waals surface area contributed by atoms with E-state index in [4.69, 9.17) is 4.74 Å².